The summed E-state index contributed by atoms with van der Waals surface area (Å²) in [6, 6.07) is 21.6. The Hall–Kier alpha value is -3.37. The number of hydrogen-bond acceptors (Lipinski definition) is 4. The average Bonchev–Trinajstić information content (AvgIpc) is 2.95. The van der Waals surface area contributed by atoms with E-state index in [0.29, 0.717) is 0 Å². The normalized spacial score (nSPS) is 12.2. The molecule has 0 atom stereocenters. The van der Waals surface area contributed by atoms with Crippen molar-refractivity contribution >= 4 is 22.2 Å². The molecule has 0 aliphatic carbocycles. The van der Waals surface area contributed by atoms with E-state index in [1.807, 2.05) is 14.0 Å². The molecule has 0 unspecified atom stereocenters. The molecular formula is C38H56N4. The van der Waals surface area contributed by atoms with E-state index in [4.69, 9.17) is 0 Å². The monoisotopic (exact) mass is 568 g/mol. The van der Waals surface area contributed by atoms with Crippen LogP contribution in [-0.4, -0.2) is 37.3 Å². The molecule has 228 valence electrons. The van der Waals surface area contributed by atoms with Gasteiger partial charge in [-0.05, 0) is 82.8 Å². The smallest absolute Gasteiger partial charge is 0.0999 e. The van der Waals surface area contributed by atoms with Gasteiger partial charge in [0.15, 0.2) is 0 Å². The molecule has 0 amide bonds. The Morgan fingerprint density at radius 1 is 0.881 bits per heavy atom. The molecule has 0 fully saturated rings. The van der Waals surface area contributed by atoms with Crippen molar-refractivity contribution in [3.05, 3.63) is 102 Å². The van der Waals surface area contributed by atoms with Crippen LogP contribution in [0.25, 0.3) is 10.8 Å². The molecule has 4 nitrogen and oxygen atoms in total. The number of benzene rings is 3. The number of aryl methyl sites for hydroxylation is 3. The first-order valence-corrected chi connectivity index (χ1v) is 15.6. The molecule has 0 aliphatic heterocycles. The van der Waals surface area contributed by atoms with Gasteiger partial charge in [-0.25, -0.2) is 0 Å². The van der Waals surface area contributed by atoms with Gasteiger partial charge in [0.2, 0.25) is 0 Å². The largest absolute Gasteiger partial charge is 0.346 e. The third-order valence-corrected chi connectivity index (χ3v) is 7.42. The predicted octanol–water partition coefficient (Wildman–Crippen LogP) is 9.69. The first-order valence-electron chi connectivity index (χ1n) is 15.6. The Morgan fingerprint density at radius 2 is 1.48 bits per heavy atom. The fourth-order valence-corrected chi connectivity index (χ4v) is 4.92. The molecule has 3 rings (SSSR count). The van der Waals surface area contributed by atoms with E-state index in [2.05, 4.69) is 142 Å². The fourth-order valence-electron chi connectivity index (χ4n) is 4.92. The molecule has 4 heteroatoms. The Morgan fingerprint density at radius 3 is 2.02 bits per heavy atom. The van der Waals surface area contributed by atoms with Gasteiger partial charge in [0.25, 0.3) is 0 Å². The van der Waals surface area contributed by atoms with Crippen molar-refractivity contribution in [3.8, 4) is 0 Å². The zero-order chi connectivity index (χ0) is 31.1. The van der Waals surface area contributed by atoms with Crippen molar-refractivity contribution in [1.29, 1.82) is 0 Å². The molecule has 0 saturated heterocycles. The van der Waals surface area contributed by atoms with Gasteiger partial charge in [0.05, 0.1) is 5.82 Å². The van der Waals surface area contributed by atoms with Crippen molar-refractivity contribution in [2.75, 3.05) is 32.0 Å². The number of fused-ring (bicyclic) bond motifs is 1. The molecule has 0 aromatic heterocycles. The SMILES string of the molecule is C=C(N/C(C)=C/C(=NC)C(C)(C)C)Nc1ccc(CCCN(CC)CCCC)c2ccccc12.Cc1ccc(C)cc1. The molecule has 3 aromatic rings. The lowest BCUT2D eigenvalue weighted by Gasteiger charge is -2.21. The number of anilines is 1. The first-order chi connectivity index (χ1) is 20.0. The molecule has 0 bridgehead atoms. The lowest BCUT2D eigenvalue weighted by molar-refractivity contribution is 0.280. The third kappa shape index (κ3) is 11.9. The van der Waals surface area contributed by atoms with Crippen LogP contribution in [-0.2, 0) is 6.42 Å². The number of unbranched alkanes of at least 4 members (excludes halogenated alkanes) is 1. The van der Waals surface area contributed by atoms with E-state index in [9.17, 15) is 0 Å². The van der Waals surface area contributed by atoms with Gasteiger partial charge in [0.1, 0.15) is 0 Å². The minimum absolute atomic E-state index is 0.00262. The van der Waals surface area contributed by atoms with Gasteiger partial charge in [-0.3, -0.25) is 4.99 Å². The molecule has 0 radical (unpaired) electrons. The summed E-state index contributed by atoms with van der Waals surface area (Å²) in [4.78, 5) is 7.01. The number of nitrogens with one attached hydrogen (secondary N) is 2. The topological polar surface area (TPSA) is 39.7 Å². The van der Waals surface area contributed by atoms with Crippen LogP contribution in [0.4, 0.5) is 5.69 Å². The molecule has 2 N–H and O–H groups in total. The summed E-state index contributed by atoms with van der Waals surface area (Å²) in [5.74, 6) is 0.755. The second-order valence-corrected chi connectivity index (χ2v) is 12.3. The van der Waals surface area contributed by atoms with Crippen LogP contribution < -0.4 is 10.6 Å². The van der Waals surface area contributed by atoms with Crippen molar-refractivity contribution in [3.63, 3.8) is 0 Å². The minimum atomic E-state index is 0.00262. The molecule has 42 heavy (non-hydrogen) atoms. The second-order valence-electron chi connectivity index (χ2n) is 12.3. The Bertz CT molecular complexity index is 1290. The third-order valence-electron chi connectivity index (χ3n) is 7.42. The zero-order valence-corrected chi connectivity index (χ0v) is 27.9. The van der Waals surface area contributed by atoms with Crippen LogP contribution in [0.5, 0.6) is 0 Å². The number of hydrogen-bond donors (Lipinski definition) is 2. The number of nitrogens with zero attached hydrogens (tertiary/aromatic N) is 2. The highest BCUT2D eigenvalue weighted by Gasteiger charge is 2.16. The lowest BCUT2D eigenvalue weighted by atomic mass is 9.89. The molecule has 0 heterocycles. The summed E-state index contributed by atoms with van der Waals surface area (Å²) in [7, 11) is 1.84. The maximum Gasteiger partial charge on any atom is 0.0999 e. The van der Waals surface area contributed by atoms with E-state index < -0.39 is 0 Å². The quantitative estimate of drug-likeness (QED) is 0.202. The average molecular weight is 569 g/mol. The van der Waals surface area contributed by atoms with E-state index in [1.54, 1.807) is 0 Å². The maximum absolute atomic E-state index is 4.44. The molecule has 0 spiro atoms. The summed E-state index contributed by atoms with van der Waals surface area (Å²) >= 11 is 0. The van der Waals surface area contributed by atoms with Crippen LogP contribution in [0, 0.1) is 19.3 Å². The van der Waals surface area contributed by atoms with E-state index in [-0.39, 0.29) is 5.41 Å². The molecular weight excluding hydrogens is 512 g/mol. The summed E-state index contributed by atoms with van der Waals surface area (Å²) in [5.41, 5.74) is 7.21. The van der Waals surface area contributed by atoms with Crippen LogP contribution >= 0.6 is 0 Å². The van der Waals surface area contributed by atoms with Crippen molar-refractivity contribution in [2.24, 2.45) is 10.4 Å². The molecule has 0 saturated carbocycles. The van der Waals surface area contributed by atoms with Crippen molar-refractivity contribution in [1.82, 2.24) is 10.2 Å². The maximum atomic E-state index is 4.44. The highest BCUT2D eigenvalue weighted by molar-refractivity contribution is 5.99. The Labute approximate surface area is 257 Å². The van der Waals surface area contributed by atoms with Crippen LogP contribution in [0.2, 0.25) is 0 Å². The fraction of sp³-hybridized carbons (Fsp3) is 0.447. The van der Waals surface area contributed by atoms with E-state index in [0.717, 1.165) is 42.4 Å². The number of rotatable bonds is 13. The summed E-state index contributed by atoms with van der Waals surface area (Å²) < 4.78 is 0. The number of allylic oxidation sites excluding steroid dienone is 2. The summed E-state index contributed by atoms with van der Waals surface area (Å²) in [5, 5.41) is 9.42. The molecule has 3 aromatic carbocycles. The van der Waals surface area contributed by atoms with Crippen LogP contribution in [0.1, 0.15) is 77.5 Å². The zero-order valence-electron chi connectivity index (χ0n) is 27.9. The van der Waals surface area contributed by atoms with Gasteiger partial charge >= 0.3 is 0 Å². The van der Waals surface area contributed by atoms with Gasteiger partial charge in [-0.1, -0.05) is 113 Å². The summed E-state index contributed by atoms with van der Waals surface area (Å²) in [6.45, 7) is 25.0. The Kier molecular flexibility index (Phi) is 14.6. The lowest BCUT2D eigenvalue weighted by Crippen LogP contribution is -2.26. The van der Waals surface area contributed by atoms with Gasteiger partial charge in [-0.2, -0.15) is 0 Å². The first kappa shape index (κ1) is 34.8. The van der Waals surface area contributed by atoms with Gasteiger partial charge in [0, 0.05) is 34.9 Å². The van der Waals surface area contributed by atoms with Crippen LogP contribution in [0.3, 0.4) is 0 Å². The summed E-state index contributed by atoms with van der Waals surface area (Å²) in [6.07, 6.45) is 6.91. The minimum Gasteiger partial charge on any atom is -0.346 e. The predicted molar refractivity (Wildman–Crippen MR) is 188 cm³/mol. The number of aliphatic imine (C=N–C) groups is 1. The van der Waals surface area contributed by atoms with Gasteiger partial charge in [-0.15, -0.1) is 0 Å². The van der Waals surface area contributed by atoms with E-state index >= 15 is 0 Å². The van der Waals surface area contributed by atoms with Crippen molar-refractivity contribution < 1.29 is 0 Å². The highest BCUT2D eigenvalue weighted by atomic mass is 15.1. The standard InChI is InChI=1S/C30H46N4.C8H10/c1-9-11-20-34(10-2)21-14-15-25-18-19-28(27-17-13-12-16-26(25)27)33-24(4)32-23(3)22-29(31-8)30(5,6)7;1-7-3-5-8(2)6-4-7/h12-13,16-19,22,32-33H,4,9-11,14-15,20-21H2,1-3,5-8H3;3-6H,1-2H3/b23-22+,31-29?;. The van der Waals surface area contributed by atoms with E-state index in [1.165, 1.54) is 53.3 Å². The second kappa shape index (κ2) is 17.6. The van der Waals surface area contributed by atoms with Crippen molar-refractivity contribution in [2.45, 2.75) is 81.1 Å². The Balaban J connectivity index is 0.000000661. The van der Waals surface area contributed by atoms with Gasteiger partial charge < -0.3 is 15.5 Å². The highest BCUT2D eigenvalue weighted by Crippen LogP contribution is 2.28. The van der Waals surface area contributed by atoms with Crippen LogP contribution in [0.15, 0.2) is 89.8 Å². The molecule has 0 aliphatic rings.